The molecule has 1 aromatic carbocycles. The van der Waals surface area contributed by atoms with Crippen LogP contribution in [0.15, 0.2) is 23.1 Å². The minimum absolute atomic E-state index is 0.226. The molecule has 0 aromatic heterocycles. The summed E-state index contributed by atoms with van der Waals surface area (Å²) < 4.78 is 34.9. The Bertz CT molecular complexity index is 431. The number of nitrogens with two attached hydrogens (primary N) is 2. The second-order valence-electron chi connectivity index (χ2n) is 2.84. The highest BCUT2D eigenvalue weighted by atomic mass is 32.2. The first-order valence-electron chi connectivity index (χ1n) is 3.96. The average molecular weight is 218 g/mol. The van der Waals surface area contributed by atoms with Crippen LogP contribution in [0.5, 0.6) is 0 Å². The van der Waals surface area contributed by atoms with Gasteiger partial charge in [-0.3, -0.25) is 0 Å². The summed E-state index contributed by atoms with van der Waals surface area (Å²) in [7, 11) is -3.83. The zero-order valence-corrected chi connectivity index (χ0v) is 8.22. The van der Waals surface area contributed by atoms with Gasteiger partial charge >= 0.3 is 0 Å². The van der Waals surface area contributed by atoms with Gasteiger partial charge in [0.05, 0.1) is 4.90 Å². The maximum absolute atomic E-state index is 13.2. The Kier molecular flexibility index (Phi) is 3.20. The summed E-state index contributed by atoms with van der Waals surface area (Å²) in [5, 5.41) is 4.83. The summed E-state index contributed by atoms with van der Waals surface area (Å²) in [4.78, 5) is -0.226. The van der Waals surface area contributed by atoms with E-state index < -0.39 is 15.8 Å². The highest BCUT2D eigenvalue weighted by molar-refractivity contribution is 7.89. The molecule has 0 amide bonds. The molecule has 0 bridgehead atoms. The van der Waals surface area contributed by atoms with Gasteiger partial charge in [-0.05, 0) is 30.7 Å². The van der Waals surface area contributed by atoms with Crippen molar-refractivity contribution >= 4 is 10.0 Å². The lowest BCUT2D eigenvalue weighted by atomic mass is 10.1. The van der Waals surface area contributed by atoms with Crippen molar-refractivity contribution in [2.24, 2.45) is 10.9 Å². The van der Waals surface area contributed by atoms with Gasteiger partial charge in [-0.1, -0.05) is 6.07 Å². The lowest BCUT2D eigenvalue weighted by Crippen LogP contribution is -2.13. The molecule has 0 atom stereocenters. The summed E-state index contributed by atoms with van der Waals surface area (Å²) in [6.45, 7) is 0.311. The third-order valence-corrected chi connectivity index (χ3v) is 2.68. The third-order valence-electron chi connectivity index (χ3n) is 1.77. The molecule has 4 N–H and O–H groups in total. The second kappa shape index (κ2) is 4.04. The predicted molar refractivity (Wildman–Crippen MR) is 50.5 cm³/mol. The van der Waals surface area contributed by atoms with Crippen molar-refractivity contribution in [1.29, 1.82) is 0 Å². The number of rotatable bonds is 3. The number of benzene rings is 1. The zero-order valence-electron chi connectivity index (χ0n) is 7.40. The molecule has 4 nitrogen and oxygen atoms in total. The van der Waals surface area contributed by atoms with Crippen molar-refractivity contribution in [1.82, 2.24) is 0 Å². The standard InChI is InChI=1S/C8H11FN2O2S/c9-8-5-7(14(11,12)13)2-1-6(8)3-4-10/h1-2,5H,3-4,10H2,(H2,11,12,13). The molecular formula is C8H11FN2O2S. The summed E-state index contributed by atoms with van der Waals surface area (Å²) in [5.41, 5.74) is 5.63. The normalized spacial score (nSPS) is 11.6. The lowest BCUT2D eigenvalue weighted by Gasteiger charge is -2.03. The maximum atomic E-state index is 13.2. The summed E-state index contributed by atoms with van der Waals surface area (Å²) in [6.07, 6.45) is 0.372. The molecule has 0 saturated heterocycles. The van der Waals surface area contributed by atoms with Gasteiger partial charge in [0.1, 0.15) is 5.82 Å². The van der Waals surface area contributed by atoms with E-state index in [0.717, 1.165) is 6.07 Å². The molecule has 0 aliphatic carbocycles. The first-order valence-corrected chi connectivity index (χ1v) is 5.51. The van der Waals surface area contributed by atoms with E-state index in [1.807, 2.05) is 0 Å². The molecule has 0 spiro atoms. The molecule has 0 heterocycles. The molecule has 14 heavy (non-hydrogen) atoms. The molecule has 0 radical (unpaired) electrons. The van der Waals surface area contributed by atoms with E-state index in [1.54, 1.807) is 0 Å². The largest absolute Gasteiger partial charge is 0.330 e. The minimum Gasteiger partial charge on any atom is -0.330 e. The number of sulfonamides is 1. The number of hydrogen-bond acceptors (Lipinski definition) is 3. The molecule has 0 fully saturated rings. The van der Waals surface area contributed by atoms with Crippen molar-refractivity contribution in [2.75, 3.05) is 6.54 Å². The quantitative estimate of drug-likeness (QED) is 0.747. The van der Waals surface area contributed by atoms with E-state index in [4.69, 9.17) is 10.9 Å². The van der Waals surface area contributed by atoms with E-state index in [1.165, 1.54) is 12.1 Å². The van der Waals surface area contributed by atoms with Gasteiger partial charge in [-0.15, -0.1) is 0 Å². The molecule has 1 aromatic rings. The van der Waals surface area contributed by atoms with Crippen LogP contribution in [0.2, 0.25) is 0 Å². The predicted octanol–water partition coefficient (Wildman–Crippen LogP) is -0.0257. The van der Waals surface area contributed by atoms with Crippen molar-refractivity contribution in [3.8, 4) is 0 Å². The van der Waals surface area contributed by atoms with Crippen LogP contribution in [-0.2, 0) is 16.4 Å². The Morgan fingerprint density at radius 3 is 2.43 bits per heavy atom. The van der Waals surface area contributed by atoms with Crippen LogP contribution in [0, 0.1) is 5.82 Å². The van der Waals surface area contributed by atoms with Crippen LogP contribution < -0.4 is 10.9 Å². The van der Waals surface area contributed by atoms with Crippen molar-refractivity contribution < 1.29 is 12.8 Å². The Morgan fingerprint density at radius 2 is 2.00 bits per heavy atom. The maximum Gasteiger partial charge on any atom is 0.238 e. The SMILES string of the molecule is NCCc1ccc(S(N)(=O)=O)cc1F. The molecule has 0 aliphatic heterocycles. The van der Waals surface area contributed by atoms with Crippen molar-refractivity contribution in [2.45, 2.75) is 11.3 Å². The number of primary sulfonamides is 1. The highest BCUT2D eigenvalue weighted by Crippen LogP contribution is 2.13. The van der Waals surface area contributed by atoms with Crippen LogP contribution >= 0.6 is 0 Å². The second-order valence-corrected chi connectivity index (χ2v) is 4.40. The summed E-state index contributed by atoms with van der Waals surface area (Å²) in [5.74, 6) is -0.595. The van der Waals surface area contributed by atoms with Crippen LogP contribution in [0.4, 0.5) is 4.39 Å². The molecule has 6 heteroatoms. The van der Waals surface area contributed by atoms with E-state index in [2.05, 4.69) is 0 Å². The van der Waals surface area contributed by atoms with Gasteiger partial charge < -0.3 is 5.73 Å². The van der Waals surface area contributed by atoms with Crippen LogP contribution in [-0.4, -0.2) is 15.0 Å². The molecule has 0 unspecified atom stereocenters. The zero-order chi connectivity index (χ0) is 10.8. The smallest absolute Gasteiger partial charge is 0.238 e. The fraction of sp³-hybridized carbons (Fsp3) is 0.250. The van der Waals surface area contributed by atoms with Gasteiger partial charge in [-0.2, -0.15) is 0 Å². The first-order chi connectivity index (χ1) is 6.45. The Hall–Kier alpha value is -0.980. The summed E-state index contributed by atoms with van der Waals surface area (Å²) >= 11 is 0. The van der Waals surface area contributed by atoms with Crippen LogP contribution in [0.25, 0.3) is 0 Å². The third kappa shape index (κ3) is 2.50. The van der Waals surface area contributed by atoms with Gasteiger partial charge in [0.15, 0.2) is 0 Å². The van der Waals surface area contributed by atoms with Crippen LogP contribution in [0.1, 0.15) is 5.56 Å². The average Bonchev–Trinajstić information content (AvgIpc) is 2.07. The topological polar surface area (TPSA) is 86.2 Å². The minimum atomic E-state index is -3.83. The van der Waals surface area contributed by atoms with Crippen molar-refractivity contribution in [3.63, 3.8) is 0 Å². The van der Waals surface area contributed by atoms with E-state index in [0.29, 0.717) is 18.5 Å². The van der Waals surface area contributed by atoms with Gasteiger partial charge in [0, 0.05) is 0 Å². The monoisotopic (exact) mass is 218 g/mol. The van der Waals surface area contributed by atoms with E-state index >= 15 is 0 Å². The van der Waals surface area contributed by atoms with E-state index in [9.17, 15) is 12.8 Å². The number of halogens is 1. The molecule has 1 rings (SSSR count). The van der Waals surface area contributed by atoms with Gasteiger partial charge in [-0.25, -0.2) is 17.9 Å². The molecule has 0 aliphatic rings. The van der Waals surface area contributed by atoms with Gasteiger partial charge in [0.2, 0.25) is 10.0 Å². The van der Waals surface area contributed by atoms with Crippen molar-refractivity contribution in [3.05, 3.63) is 29.6 Å². The summed E-state index contributed by atoms with van der Waals surface area (Å²) in [6, 6.07) is 3.55. The Morgan fingerprint density at radius 1 is 1.36 bits per heavy atom. The van der Waals surface area contributed by atoms with Crippen LogP contribution in [0.3, 0.4) is 0 Å². The molecule has 78 valence electrons. The lowest BCUT2D eigenvalue weighted by molar-refractivity contribution is 0.587. The molecular weight excluding hydrogens is 207 g/mol. The highest BCUT2D eigenvalue weighted by Gasteiger charge is 2.10. The first kappa shape index (κ1) is 11.1. The van der Waals surface area contributed by atoms with E-state index in [-0.39, 0.29) is 4.90 Å². The Balaban J connectivity index is 3.13. The molecule has 0 saturated carbocycles. The van der Waals surface area contributed by atoms with Gasteiger partial charge in [0.25, 0.3) is 0 Å². The Labute approximate surface area is 81.8 Å². The number of hydrogen-bond donors (Lipinski definition) is 2. The fourth-order valence-electron chi connectivity index (χ4n) is 1.06. The fourth-order valence-corrected chi connectivity index (χ4v) is 1.59.